The number of para-hydroxylation sites is 1. The third-order valence-corrected chi connectivity index (χ3v) is 7.09. The summed E-state index contributed by atoms with van der Waals surface area (Å²) in [7, 11) is 0. The topological polar surface area (TPSA) is 94.4 Å². The summed E-state index contributed by atoms with van der Waals surface area (Å²) < 4.78 is 2.18. The SMILES string of the molecule is CC(C)c1c(C(=O)Nc2ccccc2)c(-c2ccccc2)c(-c2ccccc2)n1CC[C@@H](O)C[C@@H](C)CC(=O)[O-]. The van der Waals surface area contributed by atoms with Crippen LogP contribution in [0, 0.1) is 5.92 Å². The van der Waals surface area contributed by atoms with Gasteiger partial charge in [0, 0.05) is 29.5 Å². The Kier molecular flexibility index (Phi) is 9.56. The van der Waals surface area contributed by atoms with Crippen LogP contribution >= 0.6 is 0 Å². The highest BCUT2D eigenvalue weighted by molar-refractivity contribution is 6.12. The lowest BCUT2D eigenvalue weighted by Gasteiger charge is -2.21. The maximum atomic E-state index is 14.1. The van der Waals surface area contributed by atoms with Crippen LogP contribution in [0.2, 0.25) is 0 Å². The van der Waals surface area contributed by atoms with E-state index in [1.807, 2.05) is 97.9 Å². The first-order valence-electron chi connectivity index (χ1n) is 13.9. The van der Waals surface area contributed by atoms with E-state index in [0.717, 1.165) is 28.1 Å². The van der Waals surface area contributed by atoms with E-state index in [-0.39, 0.29) is 24.2 Å². The number of carbonyl (C=O) groups is 2. The number of aliphatic hydroxyl groups is 1. The summed E-state index contributed by atoms with van der Waals surface area (Å²) in [6, 6.07) is 29.4. The Bertz CT molecular complexity index is 1410. The van der Waals surface area contributed by atoms with Crippen molar-refractivity contribution in [1.29, 1.82) is 0 Å². The molecule has 0 saturated heterocycles. The fourth-order valence-electron chi connectivity index (χ4n) is 5.42. The highest BCUT2D eigenvalue weighted by Crippen LogP contribution is 2.42. The number of nitrogens with one attached hydrogen (secondary N) is 1. The lowest BCUT2D eigenvalue weighted by Crippen LogP contribution is -2.26. The van der Waals surface area contributed by atoms with E-state index in [9.17, 15) is 19.8 Å². The molecular formula is C34H37N2O4-. The first kappa shape index (κ1) is 28.8. The molecule has 2 atom stereocenters. The Morgan fingerprint density at radius 3 is 1.95 bits per heavy atom. The molecule has 3 aromatic carbocycles. The molecule has 4 rings (SSSR count). The molecule has 6 heteroatoms. The van der Waals surface area contributed by atoms with Gasteiger partial charge in [-0.3, -0.25) is 4.79 Å². The zero-order chi connectivity index (χ0) is 28.6. The molecular weight excluding hydrogens is 500 g/mol. The second-order valence-corrected chi connectivity index (χ2v) is 10.7. The number of aliphatic hydroxyl groups excluding tert-OH is 1. The number of anilines is 1. The Balaban J connectivity index is 1.87. The van der Waals surface area contributed by atoms with Gasteiger partial charge < -0.3 is 24.9 Å². The van der Waals surface area contributed by atoms with Gasteiger partial charge in [-0.25, -0.2) is 0 Å². The lowest BCUT2D eigenvalue weighted by molar-refractivity contribution is -0.306. The van der Waals surface area contributed by atoms with E-state index in [1.165, 1.54) is 0 Å². The van der Waals surface area contributed by atoms with E-state index in [4.69, 9.17) is 0 Å². The molecule has 6 nitrogen and oxygen atoms in total. The van der Waals surface area contributed by atoms with Crippen molar-refractivity contribution < 1.29 is 19.8 Å². The normalized spacial score (nSPS) is 12.7. The average Bonchev–Trinajstić information content (AvgIpc) is 3.28. The number of amides is 1. The molecule has 1 heterocycles. The molecule has 1 aromatic heterocycles. The molecule has 0 aliphatic carbocycles. The standard InChI is InChI=1S/C34H38N2O4/c1-23(2)32-31(34(40)35-27-17-11-6-12-18-27)30(25-13-7-4-8-14-25)33(26-15-9-5-10-16-26)36(32)20-19-28(37)21-24(3)22-29(38)39/h4-18,23-24,28,37H,19-22H2,1-3H3,(H,35,40)(H,38,39)/p-1/t24-,28-/m1/s1. The smallest absolute Gasteiger partial charge is 0.258 e. The Morgan fingerprint density at radius 2 is 1.40 bits per heavy atom. The third-order valence-electron chi connectivity index (χ3n) is 7.09. The van der Waals surface area contributed by atoms with Crippen molar-refractivity contribution in [3.8, 4) is 22.4 Å². The number of carbonyl (C=O) groups excluding carboxylic acids is 2. The van der Waals surface area contributed by atoms with Gasteiger partial charge in [0.25, 0.3) is 5.91 Å². The van der Waals surface area contributed by atoms with Crippen molar-refractivity contribution in [2.24, 2.45) is 5.92 Å². The summed E-state index contributed by atoms with van der Waals surface area (Å²) in [5.74, 6) is -1.49. The highest BCUT2D eigenvalue weighted by Gasteiger charge is 2.30. The van der Waals surface area contributed by atoms with E-state index >= 15 is 0 Å². The van der Waals surface area contributed by atoms with Crippen LogP contribution in [0.25, 0.3) is 22.4 Å². The van der Waals surface area contributed by atoms with Gasteiger partial charge in [0.15, 0.2) is 0 Å². The van der Waals surface area contributed by atoms with Crippen LogP contribution in [-0.2, 0) is 11.3 Å². The molecule has 0 spiro atoms. The average molecular weight is 538 g/mol. The molecule has 2 N–H and O–H groups in total. The molecule has 4 aromatic rings. The summed E-state index contributed by atoms with van der Waals surface area (Å²) >= 11 is 0. The number of benzene rings is 3. The quantitative estimate of drug-likeness (QED) is 0.228. The van der Waals surface area contributed by atoms with Gasteiger partial charge in [0.05, 0.1) is 17.4 Å². The summed E-state index contributed by atoms with van der Waals surface area (Å²) in [5, 5.41) is 25.0. The van der Waals surface area contributed by atoms with Crippen molar-refractivity contribution >= 4 is 17.6 Å². The van der Waals surface area contributed by atoms with Crippen LogP contribution in [0.4, 0.5) is 5.69 Å². The minimum absolute atomic E-state index is 0.00518. The van der Waals surface area contributed by atoms with Crippen molar-refractivity contribution in [3.63, 3.8) is 0 Å². The zero-order valence-electron chi connectivity index (χ0n) is 23.3. The van der Waals surface area contributed by atoms with Gasteiger partial charge >= 0.3 is 0 Å². The monoisotopic (exact) mass is 537 g/mol. The van der Waals surface area contributed by atoms with Crippen LogP contribution in [0.3, 0.4) is 0 Å². The Hall–Kier alpha value is -4.16. The molecule has 40 heavy (non-hydrogen) atoms. The van der Waals surface area contributed by atoms with Crippen molar-refractivity contribution in [2.75, 3.05) is 5.32 Å². The van der Waals surface area contributed by atoms with Crippen LogP contribution < -0.4 is 10.4 Å². The number of nitrogens with zero attached hydrogens (tertiary/aromatic N) is 1. The maximum Gasteiger partial charge on any atom is 0.258 e. The van der Waals surface area contributed by atoms with Crippen LogP contribution in [0.15, 0.2) is 91.0 Å². The summed E-state index contributed by atoms with van der Waals surface area (Å²) in [6.45, 7) is 6.43. The first-order chi connectivity index (χ1) is 19.3. The lowest BCUT2D eigenvalue weighted by atomic mass is 9.94. The minimum Gasteiger partial charge on any atom is -0.550 e. The van der Waals surface area contributed by atoms with Gasteiger partial charge in [-0.15, -0.1) is 0 Å². The van der Waals surface area contributed by atoms with Crippen LogP contribution in [0.5, 0.6) is 0 Å². The van der Waals surface area contributed by atoms with Crippen molar-refractivity contribution in [3.05, 3.63) is 102 Å². The molecule has 0 fully saturated rings. The number of rotatable bonds is 12. The number of carboxylic acid groups (broad SMARTS) is 1. The van der Waals surface area contributed by atoms with E-state index in [0.29, 0.717) is 30.6 Å². The molecule has 1 amide bonds. The van der Waals surface area contributed by atoms with Gasteiger partial charge in [0.2, 0.25) is 0 Å². The van der Waals surface area contributed by atoms with Crippen LogP contribution in [0.1, 0.15) is 62.0 Å². The van der Waals surface area contributed by atoms with Crippen molar-refractivity contribution in [1.82, 2.24) is 4.57 Å². The summed E-state index contributed by atoms with van der Waals surface area (Å²) in [6.07, 6.45) is -0.00349. The second kappa shape index (κ2) is 13.3. The first-order valence-corrected chi connectivity index (χ1v) is 13.9. The molecule has 0 aliphatic rings. The number of hydrogen-bond donors (Lipinski definition) is 2. The molecule has 208 valence electrons. The Morgan fingerprint density at radius 1 is 0.850 bits per heavy atom. The highest BCUT2D eigenvalue weighted by atomic mass is 16.4. The van der Waals surface area contributed by atoms with Gasteiger partial charge in [-0.1, -0.05) is 99.6 Å². The fraction of sp³-hybridized carbons (Fsp3) is 0.294. The number of hydrogen-bond acceptors (Lipinski definition) is 4. The number of carboxylic acids is 1. The zero-order valence-corrected chi connectivity index (χ0v) is 23.3. The molecule has 0 aliphatic heterocycles. The van der Waals surface area contributed by atoms with Gasteiger partial charge in [-0.05, 0) is 54.4 Å². The summed E-state index contributed by atoms with van der Waals surface area (Å²) in [5.41, 5.74) is 5.90. The van der Waals surface area contributed by atoms with Crippen LogP contribution in [-0.4, -0.2) is 27.7 Å². The minimum atomic E-state index is -1.11. The number of aliphatic carboxylic acids is 1. The van der Waals surface area contributed by atoms with E-state index < -0.39 is 12.1 Å². The Labute approximate surface area is 236 Å². The van der Waals surface area contributed by atoms with E-state index in [1.54, 1.807) is 0 Å². The van der Waals surface area contributed by atoms with Gasteiger partial charge in [0.1, 0.15) is 0 Å². The fourth-order valence-corrected chi connectivity index (χ4v) is 5.42. The molecule has 0 saturated carbocycles. The predicted octanol–water partition coefficient (Wildman–Crippen LogP) is 6.12. The predicted molar refractivity (Wildman–Crippen MR) is 158 cm³/mol. The molecule has 0 bridgehead atoms. The largest absolute Gasteiger partial charge is 0.550 e. The van der Waals surface area contributed by atoms with Crippen molar-refractivity contribution in [2.45, 2.75) is 58.6 Å². The molecule has 0 unspecified atom stereocenters. The maximum absolute atomic E-state index is 14.1. The molecule has 0 radical (unpaired) electrons. The van der Waals surface area contributed by atoms with Gasteiger partial charge in [-0.2, -0.15) is 0 Å². The van der Waals surface area contributed by atoms with E-state index in [2.05, 4.69) is 23.7 Å². The second-order valence-electron chi connectivity index (χ2n) is 10.7. The third kappa shape index (κ3) is 6.88. The number of aromatic nitrogens is 1. The summed E-state index contributed by atoms with van der Waals surface area (Å²) in [4.78, 5) is 25.1.